The summed E-state index contributed by atoms with van der Waals surface area (Å²) in [5, 5.41) is 12.3. The minimum Gasteiger partial charge on any atom is -0.507 e. The summed E-state index contributed by atoms with van der Waals surface area (Å²) in [5.41, 5.74) is 0.219. The van der Waals surface area contributed by atoms with E-state index in [0.29, 0.717) is 12.3 Å². The molecule has 0 radical (unpaired) electrons. The number of amides is 1. The van der Waals surface area contributed by atoms with Gasteiger partial charge in [0.2, 0.25) is 0 Å². The van der Waals surface area contributed by atoms with Gasteiger partial charge in [-0.2, -0.15) is 0 Å². The maximum Gasteiger partial charge on any atom is 0.255 e. The van der Waals surface area contributed by atoms with Crippen molar-refractivity contribution in [2.24, 2.45) is 0 Å². The number of hydrogen-bond donors (Lipinski definition) is 2. The smallest absolute Gasteiger partial charge is 0.255 e. The Kier molecular flexibility index (Phi) is 5.78. The predicted octanol–water partition coefficient (Wildman–Crippen LogP) is 2.54. The molecule has 0 saturated heterocycles. The summed E-state index contributed by atoms with van der Waals surface area (Å²) in [6.45, 7) is 2.42. The van der Waals surface area contributed by atoms with Crippen LogP contribution in [0.3, 0.4) is 0 Å². The van der Waals surface area contributed by atoms with Gasteiger partial charge in [0.1, 0.15) is 11.5 Å². The average Bonchev–Trinajstić information content (AvgIpc) is 2.36. The van der Waals surface area contributed by atoms with Crippen molar-refractivity contribution in [3.8, 4) is 11.5 Å². The highest BCUT2D eigenvalue weighted by atomic mass is 35.5. The Balaban J connectivity index is 2.61. The van der Waals surface area contributed by atoms with Crippen LogP contribution in [-0.4, -0.2) is 30.0 Å². The molecule has 1 unspecified atom stereocenters. The maximum atomic E-state index is 11.8. The second kappa shape index (κ2) is 7.11. The number of carbonyl (C=O) groups is 1. The van der Waals surface area contributed by atoms with Crippen molar-refractivity contribution >= 4 is 17.5 Å². The van der Waals surface area contributed by atoms with Gasteiger partial charge in [0.05, 0.1) is 18.1 Å². The van der Waals surface area contributed by atoms with Gasteiger partial charge in [0.25, 0.3) is 5.91 Å². The normalized spacial score (nSPS) is 11.9. The molecule has 5 heteroatoms. The molecule has 1 amide bonds. The van der Waals surface area contributed by atoms with E-state index in [1.54, 1.807) is 6.07 Å². The number of methoxy groups -OCH3 is 1. The zero-order valence-corrected chi connectivity index (χ0v) is 11.3. The second-order valence-electron chi connectivity index (χ2n) is 3.98. The molecule has 0 aliphatic rings. The lowest BCUT2D eigenvalue weighted by Gasteiger charge is -2.11. The van der Waals surface area contributed by atoms with E-state index < -0.39 is 0 Å². The van der Waals surface area contributed by atoms with E-state index >= 15 is 0 Å². The molecular formula is C13H18ClNO3. The number of halogens is 1. The van der Waals surface area contributed by atoms with Crippen LogP contribution in [0.5, 0.6) is 11.5 Å². The molecule has 0 bridgehead atoms. The van der Waals surface area contributed by atoms with Gasteiger partial charge in [0, 0.05) is 12.6 Å². The average molecular weight is 272 g/mol. The highest BCUT2D eigenvalue weighted by Gasteiger charge is 2.13. The molecule has 1 aromatic carbocycles. The third kappa shape index (κ3) is 4.11. The summed E-state index contributed by atoms with van der Waals surface area (Å²) in [6, 6.07) is 4.55. The number of ether oxygens (including phenoxy) is 1. The molecule has 4 nitrogen and oxygen atoms in total. The summed E-state index contributed by atoms with van der Waals surface area (Å²) in [7, 11) is 1.50. The molecule has 0 saturated carbocycles. The van der Waals surface area contributed by atoms with Gasteiger partial charge >= 0.3 is 0 Å². The number of carbonyl (C=O) groups excluding carboxylic acids is 1. The number of nitrogens with one attached hydrogen (secondary N) is 1. The lowest BCUT2D eigenvalue weighted by molar-refractivity contribution is 0.0950. The van der Waals surface area contributed by atoms with E-state index in [9.17, 15) is 9.90 Å². The van der Waals surface area contributed by atoms with Crippen LogP contribution in [-0.2, 0) is 0 Å². The fourth-order valence-corrected chi connectivity index (χ4v) is 1.84. The molecule has 1 atom stereocenters. The lowest BCUT2D eigenvalue weighted by atomic mass is 10.1. The lowest BCUT2D eigenvalue weighted by Crippen LogP contribution is -2.29. The monoisotopic (exact) mass is 271 g/mol. The van der Waals surface area contributed by atoms with Crippen LogP contribution in [0.2, 0.25) is 0 Å². The molecule has 0 aliphatic carbocycles. The number of aromatic hydroxyl groups is 1. The van der Waals surface area contributed by atoms with Gasteiger partial charge in [-0.1, -0.05) is 13.3 Å². The van der Waals surface area contributed by atoms with Crippen LogP contribution < -0.4 is 10.1 Å². The van der Waals surface area contributed by atoms with Gasteiger partial charge in [-0.3, -0.25) is 4.79 Å². The minimum atomic E-state index is -0.336. The van der Waals surface area contributed by atoms with Crippen LogP contribution in [0.15, 0.2) is 18.2 Å². The molecule has 0 fully saturated rings. The Morgan fingerprint density at radius 1 is 1.56 bits per heavy atom. The Hall–Kier alpha value is -1.42. The molecule has 0 aliphatic heterocycles. The number of phenols is 1. The van der Waals surface area contributed by atoms with E-state index in [2.05, 4.69) is 5.32 Å². The van der Waals surface area contributed by atoms with Crippen LogP contribution in [0.4, 0.5) is 0 Å². The Labute approximate surface area is 112 Å². The molecule has 1 aromatic rings. The summed E-state index contributed by atoms with van der Waals surface area (Å²) < 4.78 is 4.95. The standard InChI is InChI=1S/C13H18ClNO3/c1-3-4-9(14)8-15-13(17)11-6-5-10(18-2)7-12(11)16/h5-7,9,16H,3-4,8H2,1-2H3,(H,15,17). The SMILES string of the molecule is CCCC(Cl)CNC(=O)c1ccc(OC)cc1O. The number of alkyl halides is 1. The van der Waals surface area contributed by atoms with E-state index in [0.717, 1.165) is 12.8 Å². The molecule has 1 rings (SSSR count). The summed E-state index contributed by atoms with van der Waals surface area (Å²) in [6.07, 6.45) is 1.81. The maximum absolute atomic E-state index is 11.8. The number of hydrogen-bond acceptors (Lipinski definition) is 3. The number of phenolic OH excluding ortho intramolecular Hbond substituents is 1. The summed E-state index contributed by atoms with van der Waals surface area (Å²) >= 11 is 6.00. The van der Waals surface area contributed by atoms with Crippen molar-refractivity contribution < 1.29 is 14.6 Å². The number of benzene rings is 1. The highest BCUT2D eigenvalue weighted by molar-refractivity contribution is 6.20. The number of rotatable bonds is 6. The van der Waals surface area contributed by atoms with Crippen molar-refractivity contribution in [2.75, 3.05) is 13.7 Å². The topological polar surface area (TPSA) is 58.6 Å². The molecule has 100 valence electrons. The Morgan fingerprint density at radius 2 is 2.28 bits per heavy atom. The predicted molar refractivity (Wildman–Crippen MR) is 71.5 cm³/mol. The van der Waals surface area contributed by atoms with E-state index in [4.69, 9.17) is 16.3 Å². The van der Waals surface area contributed by atoms with Crippen LogP contribution in [0, 0.1) is 0 Å². The summed E-state index contributed by atoms with van der Waals surface area (Å²) in [4.78, 5) is 11.8. The van der Waals surface area contributed by atoms with Crippen LogP contribution in [0.25, 0.3) is 0 Å². The molecule has 0 aromatic heterocycles. The quantitative estimate of drug-likeness (QED) is 0.782. The molecule has 18 heavy (non-hydrogen) atoms. The third-order valence-electron chi connectivity index (χ3n) is 2.54. The van der Waals surface area contributed by atoms with E-state index in [-0.39, 0.29) is 22.6 Å². The van der Waals surface area contributed by atoms with Crippen LogP contribution in [0.1, 0.15) is 30.1 Å². The van der Waals surface area contributed by atoms with E-state index in [1.807, 2.05) is 6.92 Å². The van der Waals surface area contributed by atoms with Gasteiger partial charge in [0.15, 0.2) is 0 Å². The third-order valence-corrected chi connectivity index (χ3v) is 2.91. The van der Waals surface area contributed by atoms with Gasteiger partial charge in [-0.15, -0.1) is 11.6 Å². The molecular weight excluding hydrogens is 254 g/mol. The van der Waals surface area contributed by atoms with Gasteiger partial charge in [-0.25, -0.2) is 0 Å². The first kappa shape index (κ1) is 14.6. The Morgan fingerprint density at radius 3 is 2.83 bits per heavy atom. The van der Waals surface area contributed by atoms with Gasteiger partial charge < -0.3 is 15.2 Å². The molecule has 0 spiro atoms. The Bertz CT molecular complexity index is 409. The zero-order valence-electron chi connectivity index (χ0n) is 10.6. The fraction of sp³-hybridized carbons (Fsp3) is 0.462. The van der Waals surface area contributed by atoms with Crippen molar-refractivity contribution in [1.29, 1.82) is 0 Å². The first-order chi connectivity index (χ1) is 8.58. The van der Waals surface area contributed by atoms with Crippen LogP contribution >= 0.6 is 11.6 Å². The largest absolute Gasteiger partial charge is 0.507 e. The van der Waals surface area contributed by atoms with Gasteiger partial charge in [-0.05, 0) is 18.6 Å². The molecule has 2 N–H and O–H groups in total. The second-order valence-corrected chi connectivity index (χ2v) is 4.60. The highest BCUT2D eigenvalue weighted by Crippen LogP contribution is 2.23. The minimum absolute atomic E-state index is 0.0839. The van der Waals surface area contributed by atoms with Crippen molar-refractivity contribution in [3.05, 3.63) is 23.8 Å². The van der Waals surface area contributed by atoms with Crippen molar-refractivity contribution in [1.82, 2.24) is 5.32 Å². The summed E-state index contributed by atoms with van der Waals surface area (Å²) in [5.74, 6) is 0.0654. The van der Waals surface area contributed by atoms with E-state index in [1.165, 1.54) is 19.2 Å². The van der Waals surface area contributed by atoms with Crippen molar-refractivity contribution in [3.63, 3.8) is 0 Å². The first-order valence-electron chi connectivity index (χ1n) is 5.87. The van der Waals surface area contributed by atoms with Crippen molar-refractivity contribution in [2.45, 2.75) is 25.1 Å². The molecule has 0 heterocycles. The zero-order chi connectivity index (χ0) is 13.5. The first-order valence-corrected chi connectivity index (χ1v) is 6.31. The fourth-order valence-electron chi connectivity index (χ4n) is 1.54.